The van der Waals surface area contributed by atoms with Gasteiger partial charge in [0.1, 0.15) is 12.2 Å². The Morgan fingerprint density at radius 2 is 1.89 bits per heavy atom. The van der Waals surface area contributed by atoms with E-state index >= 15 is 0 Å². The summed E-state index contributed by atoms with van der Waals surface area (Å²) in [4.78, 5) is 11.6. The smallest absolute Gasteiger partial charge is 0.337 e. The zero-order valence-corrected chi connectivity index (χ0v) is 11.5. The van der Waals surface area contributed by atoms with Crippen molar-refractivity contribution >= 4 is 5.97 Å². The summed E-state index contributed by atoms with van der Waals surface area (Å²) in [6, 6.07) is 0. The highest BCUT2D eigenvalue weighted by Gasteiger charge is 2.34. The molecule has 0 fully saturated rings. The lowest BCUT2D eigenvalue weighted by atomic mass is 10.1. The van der Waals surface area contributed by atoms with Crippen LogP contribution in [0.25, 0.3) is 0 Å². The minimum Gasteiger partial charge on any atom is -0.464 e. The van der Waals surface area contributed by atoms with Gasteiger partial charge in [-0.1, -0.05) is 13.3 Å². The lowest BCUT2D eigenvalue weighted by Gasteiger charge is -2.27. The fraction of sp³-hybridized carbons (Fsp3) is 0.917. The van der Waals surface area contributed by atoms with Crippen LogP contribution in [0.15, 0.2) is 0 Å². The Morgan fingerprint density at radius 3 is 2.33 bits per heavy atom. The number of aliphatic hydroxyl groups excluding tert-OH is 1. The van der Waals surface area contributed by atoms with E-state index in [-0.39, 0.29) is 6.61 Å². The molecule has 0 rings (SSSR count). The van der Waals surface area contributed by atoms with Crippen molar-refractivity contribution in [2.45, 2.75) is 38.1 Å². The van der Waals surface area contributed by atoms with E-state index in [0.29, 0.717) is 6.61 Å². The predicted octanol–water partition coefficient (Wildman–Crippen LogP) is 0.367. The Kier molecular flexibility index (Phi) is 9.86. The molecule has 6 heteroatoms. The zero-order chi connectivity index (χ0) is 14.0. The molecule has 3 atom stereocenters. The van der Waals surface area contributed by atoms with Crippen molar-refractivity contribution in [1.29, 1.82) is 0 Å². The van der Waals surface area contributed by atoms with Gasteiger partial charge in [-0.2, -0.15) is 0 Å². The third-order valence-corrected chi connectivity index (χ3v) is 2.57. The van der Waals surface area contributed by atoms with Gasteiger partial charge >= 0.3 is 5.97 Å². The molecule has 0 aliphatic heterocycles. The Balaban J connectivity index is 4.38. The van der Waals surface area contributed by atoms with Gasteiger partial charge in [-0.3, -0.25) is 0 Å². The summed E-state index contributed by atoms with van der Waals surface area (Å²) < 4.78 is 20.1. The maximum absolute atomic E-state index is 11.6. The number of esters is 1. The number of unbranched alkanes of at least 4 members (excludes halogenated alkanes) is 1. The standard InChI is InChI=1S/C12H24O6/c1-5-6-7-18-12(14)10(13)11(17-4)9(16-3)8-15-2/h9-11,13H,5-8H2,1-4H3/t9-,10?,11+/m1/s1. The first kappa shape index (κ1) is 17.3. The second kappa shape index (κ2) is 10.3. The van der Waals surface area contributed by atoms with Crippen LogP contribution in [-0.4, -0.2) is 63.9 Å². The summed E-state index contributed by atoms with van der Waals surface area (Å²) >= 11 is 0. The number of methoxy groups -OCH3 is 3. The van der Waals surface area contributed by atoms with Crippen molar-refractivity contribution < 1.29 is 28.8 Å². The van der Waals surface area contributed by atoms with E-state index < -0.39 is 24.3 Å². The highest BCUT2D eigenvalue weighted by molar-refractivity contribution is 5.75. The van der Waals surface area contributed by atoms with Gasteiger partial charge in [0.25, 0.3) is 0 Å². The number of carbonyl (C=O) groups excluding carboxylic acids is 1. The summed E-state index contributed by atoms with van der Waals surface area (Å²) in [7, 11) is 4.37. The maximum atomic E-state index is 11.6. The van der Waals surface area contributed by atoms with E-state index in [1.807, 2.05) is 6.92 Å². The number of hydrogen-bond acceptors (Lipinski definition) is 6. The van der Waals surface area contributed by atoms with Gasteiger partial charge in [-0.25, -0.2) is 4.79 Å². The van der Waals surface area contributed by atoms with Crippen LogP contribution in [0.5, 0.6) is 0 Å². The molecule has 0 aliphatic carbocycles. The third kappa shape index (κ3) is 5.77. The topological polar surface area (TPSA) is 74.2 Å². The van der Waals surface area contributed by atoms with E-state index in [2.05, 4.69) is 0 Å². The average Bonchev–Trinajstić information content (AvgIpc) is 2.38. The Labute approximate surface area is 108 Å². The molecule has 0 amide bonds. The first-order valence-corrected chi connectivity index (χ1v) is 6.01. The van der Waals surface area contributed by atoms with E-state index in [1.54, 1.807) is 0 Å². The van der Waals surface area contributed by atoms with Crippen LogP contribution in [0.1, 0.15) is 19.8 Å². The Hall–Kier alpha value is -0.690. The highest BCUT2D eigenvalue weighted by Crippen LogP contribution is 2.10. The lowest BCUT2D eigenvalue weighted by Crippen LogP contribution is -2.47. The molecule has 18 heavy (non-hydrogen) atoms. The van der Waals surface area contributed by atoms with Gasteiger partial charge in [0.15, 0.2) is 6.10 Å². The molecule has 0 bridgehead atoms. The summed E-state index contributed by atoms with van der Waals surface area (Å²) in [5.41, 5.74) is 0. The van der Waals surface area contributed by atoms with E-state index in [1.165, 1.54) is 21.3 Å². The molecule has 0 aromatic heterocycles. The molecule has 0 saturated heterocycles. The second-order valence-electron chi connectivity index (χ2n) is 3.90. The van der Waals surface area contributed by atoms with Crippen molar-refractivity contribution in [2.24, 2.45) is 0 Å². The van der Waals surface area contributed by atoms with E-state index in [0.717, 1.165) is 12.8 Å². The third-order valence-electron chi connectivity index (χ3n) is 2.57. The molecule has 0 aromatic rings. The first-order chi connectivity index (χ1) is 8.62. The van der Waals surface area contributed by atoms with Gasteiger partial charge in [-0.05, 0) is 6.42 Å². The number of ether oxygens (including phenoxy) is 4. The molecular formula is C12H24O6. The summed E-state index contributed by atoms with van der Waals surface area (Å²) in [5.74, 6) is -0.701. The molecule has 0 aromatic carbocycles. The minimum atomic E-state index is -1.38. The van der Waals surface area contributed by atoms with Crippen LogP contribution in [-0.2, 0) is 23.7 Å². The van der Waals surface area contributed by atoms with Gasteiger partial charge in [0.05, 0.1) is 13.2 Å². The van der Waals surface area contributed by atoms with Crippen LogP contribution in [0.2, 0.25) is 0 Å². The summed E-state index contributed by atoms with van der Waals surface area (Å²) in [5, 5.41) is 9.87. The van der Waals surface area contributed by atoms with Crippen molar-refractivity contribution in [2.75, 3.05) is 34.5 Å². The van der Waals surface area contributed by atoms with Crippen LogP contribution in [0.3, 0.4) is 0 Å². The fourth-order valence-corrected chi connectivity index (χ4v) is 1.48. The maximum Gasteiger partial charge on any atom is 0.337 e. The molecule has 0 heterocycles. The van der Waals surface area contributed by atoms with Crippen LogP contribution in [0.4, 0.5) is 0 Å². The van der Waals surface area contributed by atoms with Crippen molar-refractivity contribution in [1.82, 2.24) is 0 Å². The number of rotatable bonds is 10. The van der Waals surface area contributed by atoms with Crippen molar-refractivity contribution in [3.8, 4) is 0 Å². The molecule has 1 unspecified atom stereocenters. The molecule has 0 saturated carbocycles. The first-order valence-electron chi connectivity index (χ1n) is 6.01. The molecular weight excluding hydrogens is 240 g/mol. The fourth-order valence-electron chi connectivity index (χ4n) is 1.48. The number of hydrogen-bond donors (Lipinski definition) is 1. The minimum absolute atomic E-state index is 0.217. The van der Waals surface area contributed by atoms with E-state index in [9.17, 15) is 9.90 Å². The van der Waals surface area contributed by atoms with Gasteiger partial charge in [0, 0.05) is 21.3 Å². The van der Waals surface area contributed by atoms with Crippen molar-refractivity contribution in [3.05, 3.63) is 0 Å². The van der Waals surface area contributed by atoms with Crippen molar-refractivity contribution in [3.63, 3.8) is 0 Å². The highest BCUT2D eigenvalue weighted by atomic mass is 16.6. The molecule has 1 N–H and O–H groups in total. The zero-order valence-electron chi connectivity index (χ0n) is 11.5. The second-order valence-corrected chi connectivity index (χ2v) is 3.90. The SMILES string of the molecule is CCCCOC(=O)C(O)[C@@H](OC)[C@@H](COC)OC. The number of carbonyl (C=O) groups is 1. The van der Waals surface area contributed by atoms with Crippen LogP contribution in [0, 0.1) is 0 Å². The largest absolute Gasteiger partial charge is 0.464 e. The Morgan fingerprint density at radius 1 is 1.22 bits per heavy atom. The van der Waals surface area contributed by atoms with Crippen LogP contribution >= 0.6 is 0 Å². The molecule has 108 valence electrons. The molecule has 0 radical (unpaired) electrons. The Bertz CT molecular complexity index is 221. The quantitative estimate of drug-likeness (QED) is 0.454. The van der Waals surface area contributed by atoms with Gasteiger partial charge < -0.3 is 24.1 Å². The predicted molar refractivity (Wildman–Crippen MR) is 65.3 cm³/mol. The summed E-state index contributed by atoms with van der Waals surface area (Å²) in [6.45, 7) is 2.50. The molecule has 0 spiro atoms. The average molecular weight is 264 g/mol. The normalized spacial score (nSPS) is 16.1. The molecule has 6 nitrogen and oxygen atoms in total. The molecule has 0 aliphatic rings. The number of aliphatic hydroxyl groups is 1. The van der Waals surface area contributed by atoms with Gasteiger partial charge in [-0.15, -0.1) is 0 Å². The van der Waals surface area contributed by atoms with Crippen LogP contribution < -0.4 is 0 Å². The monoisotopic (exact) mass is 264 g/mol. The summed E-state index contributed by atoms with van der Waals surface area (Å²) in [6.07, 6.45) is -1.05. The lowest BCUT2D eigenvalue weighted by molar-refractivity contribution is -0.171. The van der Waals surface area contributed by atoms with Gasteiger partial charge in [0.2, 0.25) is 0 Å². The van der Waals surface area contributed by atoms with E-state index in [4.69, 9.17) is 18.9 Å².